The molecule has 0 aliphatic heterocycles. The first-order valence-corrected chi connectivity index (χ1v) is 14.6. The molecule has 4 aliphatic carbocycles. The molecule has 5 rings (SSSR count). The zero-order chi connectivity index (χ0) is 24.7. The van der Waals surface area contributed by atoms with Gasteiger partial charge >= 0.3 is 6.09 Å². The topological polar surface area (TPSA) is 64.3 Å². The Morgan fingerprint density at radius 1 is 1.03 bits per heavy atom. The van der Waals surface area contributed by atoms with Crippen LogP contribution in [0.2, 0.25) is 0 Å². The van der Waals surface area contributed by atoms with E-state index in [0.717, 1.165) is 42.2 Å². The summed E-state index contributed by atoms with van der Waals surface area (Å²) in [5.74, 6) is 3.88. The number of rotatable bonds is 6. The van der Waals surface area contributed by atoms with Crippen molar-refractivity contribution in [2.45, 2.75) is 103 Å². The fourth-order valence-electron chi connectivity index (χ4n) is 9.78. The highest BCUT2D eigenvalue weighted by molar-refractivity contribution is 5.84. The highest BCUT2D eigenvalue weighted by Crippen LogP contribution is 2.69. The molecule has 8 atom stereocenters. The Kier molecular flexibility index (Phi) is 6.98. The molecule has 4 nitrogen and oxygen atoms in total. The number of amides is 1. The van der Waals surface area contributed by atoms with Gasteiger partial charge in [0.2, 0.25) is 0 Å². The number of para-hydroxylation sites is 1. The summed E-state index contributed by atoms with van der Waals surface area (Å²) >= 11 is 0. The summed E-state index contributed by atoms with van der Waals surface area (Å²) in [7, 11) is 0. The van der Waals surface area contributed by atoms with Crippen LogP contribution in [0.1, 0.15) is 97.8 Å². The molecular weight excluding hydrogens is 432 g/mol. The van der Waals surface area contributed by atoms with Gasteiger partial charge in [0.15, 0.2) is 0 Å². The smallest absolute Gasteiger partial charge is 0.411 e. The minimum Gasteiger partial charge on any atom is -0.449 e. The number of hydrogen-bond acceptors (Lipinski definition) is 3. The van der Waals surface area contributed by atoms with E-state index in [1.54, 1.807) is 0 Å². The van der Waals surface area contributed by atoms with Gasteiger partial charge in [0.25, 0.3) is 0 Å². The van der Waals surface area contributed by atoms with Gasteiger partial charge in [-0.1, -0.05) is 58.2 Å². The molecule has 4 saturated carbocycles. The van der Waals surface area contributed by atoms with E-state index in [1.807, 2.05) is 30.3 Å². The lowest BCUT2D eigenvalue weighted by Gasteiger charge is -2.68. The average molecular weight is 481 g/mol. The largest absolute Gasteiger partial charge is 0.449 e. The lowest BCUT2D eigenvalue weighted by atomic mass is 9.39. The Bertz CT molecular complexity index is 889. The van der Waals surface area contributed by atoms with Crippen LogP contribution in [0.15, 0.2) is 30.3 Å². The molecule has 1 aromatic carbocycles. The SMILES string of the molecule is CC[C@H]1CC2C3CCC(CCCOC(=O)Nc4ccccc4)C3(C)CC[C@]2(N)C2(C)CCCCC12. The maximum absolute atomic E-state index is 12.1. The summed E-state index contributed by atoms with van der Waals surface area (Å²) in [4.78, 5) is 12.1. The quantitative estimate of drug-likeness (QED) is 0.409. The second-order valence-corrected chi connectivity index (χ2v) is 13.0. The molecule has 1 aromatic rings. The normalized spacial score (nSPS) is 42.5. The Hall–Kier alpha value is -1.55. The number of benzene rings is 1. The zero-order valence-electron chi connectivity index (χ0n) is 22.4. The van der Waals surface area contributed by atoms with E-state index in [0.29, 0.717) is 23.4 Å². The van der Waals surface area contributed by atoms with Crippen LogP contribution in [0.25, 0.3) is 0 Å². The molecule has 0 radical (unpaired) electrons. The number of fused-ring (bicyclic) bond motifs is 5. The van der Waals surface area contributed by atoms with Gasteiger partial charge in [0, 0.05) is 11.2 Å². The first kappa shape index (κ1) is 25.1. The van der Waals surface area contributed by atoms with E-state index in [-0.39, 0.29) is 11.6 Å². The number of hydrogen-bond donors (Lipinski definition) is 2. The Balaban J connectivity index is 1.21. The molecule has 0 bridgehead atoms. The molecular formula is C31H48N2O2. The summed E-state index contributed by atoms with van der Waals surface area (Å²) < 4.78 is 5.51. The third kappa shape index (κ3) is 4.22. The number of anilines is 1. The van der Waals surface area contributed by atoms with Crippen molar-refractivity contribution < 1.29 is 9.53 Å². The number of nitrogens with two attached hydrogens (primary N) is 1. The molecule has 35 heavy (non-hydrogen) atoms. The van der Waals surface area contributed by atoms with Crippen molar-refractivity contribution in [2.24, 2.45) is 46.2 Å². The summed E-state index contributed by atoms with van der Waals surface area (Å²) in [6, 6.07) is 9.53. The summed E-state index contributed by atoms with van der Waals surface area (Å²) in [6.45, 7) is 8.11. The van der Waals surface area contributed by atoms with Crippen LogP contribution in [0.5, 0.6) is 0 Å². The average Bonchev–Trinajstić information content (AvgIpc) is 3.19. The van der Waals surface area contributed by atoms with Crippen molar-refractivity contribution >= 4 is 11.8 Å². The monoisotopic (exact) mass is 480 g/mol. The van der Waals surface area contributed by atoms with Crippen LogP contribution >= 0.6 is 0 Å². The van der Waals surface area contributed by atoms with Gasteiger partial charge in [-0.2, -0.15) is 0 Å². The van der Waals surface area contributed by atoms with Gasteiger partial charge in [-0.25, -0.2) is 4.79 Å². The Morgan fingerprint density at radius 2 is 1.83 bits per heavy atom. The standard InChI is InChI=1S/C31H48N2O2/c1-4-22-21-27-26-16-15-23(11-10-20-35-28(34)33-24-12-6-5-7-13-24)29(26,2)18-19-31(27,32)30(3)17-9-8-14-25(22)30/h5-7,12-13,22-23,25-27H,4,8-11,14-21,32H2,1-3H3,(H,33,34)/t22-,23?,25?,26?,27?,29?,30?,31+/m0/s1. The van der Waals surface area contributed by atoms with E-state index < -0.39 is 0 Å². The molecule has 0 saturated heterocycles. The summed E-state index contributed by atoms with van der Waals surface area (Å²) in [5.41, 5.74) is 9.12. The molecule has 0 aromatic heterocycles. The van der Waals surface area contributed by atoms with Crippen LogP contribution in [-0.4, -0.2) is 18.2 Å². The number of carbonyl (C=O) groups is 1. The molecule has 3 N–H and O–H groups in total. The van der Waals surface area contributed by atoms with Crippen LogP contribution in [-0.2, 0) is 4.74 Å². The summed E-state index contributed by atoms with van der Waals surface area (Å²) in [5, 5.41) is 2.82. The van der Waals surface area contributed by atoms with Gasteiger partial charge < -0.3 is 10.5 Å². The molecule has 1 amide bonds. The van der Waals surface area contributed by atoms with Crippen molar-refractivity contribution in [1.82, 2.24) is 0 Å². The van der Waals surface area contributed by atoms with Crippen molar-refractivity contribution in [3.63, 3.8) is 0 Å². The lowest BCUT2D eigenvalue weighted by molar-refractivity contribution is -0.152. The Morgan fingerprint density at radius 3 is 2.60 bits per heavy atom. The third-order valence-corrected chi connectivity index (χ3v) is 11.8. The first-order valence-electron chi connectivity index (χ1n) is 14.6. The van der Waals surface area contributed by atoms with Crippen LogP contribution < -0.4 is 11.1 Å². The van der Waals surface area contributed by atoms with E-state index >= 15 is 0 Å². The van der Waals surface area contributed by atoms with E-state index in [4.69, 9.17) is 10.5 Å². The fraction of sp³-hybridized carbons (Fsp3) is 0.774. The molecule has 4 heteroatoms. The van der Waals surface area contributed by atoms with E-state index in [9.17, 15) is 4.79 Å². The number of carbonyl (C=O) groups excluding carboxylic acids is 1. The Labute approximate surface area is 213 Å². The maximum Gasteiger partial charge on any atom is 0.411 e. The maximum atomic E-state index is 12.1. The molecule has 6 unspecified atom stereocenters. The van der Waals surface area contributed by atoms with E-state index in [2.05, 4.69) is 26.1 Å². The number of nitrogens with one attached hydrogen (secondary N) is 1. The highest BCUT2D eigenvalue weighted by Gasteiger charge is 2.66. The predicted octanol–water partition coefficient (Wildman–Crippen LogP) is 7.78. The fourth-order valence-corrected chi connectivity index (χ4v) is 9.78. The van der Waals surface area contributed by atoms with Crippen LogP contribution in [0, 0.1) is 40.4 Å². The minimum absolute atomic E-state index is 0.0292. The molecule has 0 heterocycles. The van der Waals surface area contributed by atoms with Crippen molar-refractivity contribution in [1.29, 1.82) is 0 Å². The molecule has 4 aliphatic rings. The first-order chi connectivity index (χ1) is 16.8. The van der Waals surface area contributed by atoms with Gasteiger partial charge in [-0.15, -0.1) is 0 Å². The van der Waals surface area contributed by atoms with Crippen LogP contribution in [0.4, 0.5) is 10.5 Å². The van der Waals surface area contributed by atoms with Gasteiger partial charge in [-0.05, 0) is 110 Å². The van der Waals surface area contributed by atoms with Gasteiger partial charge in [-0.3, -0.25) is 5.32 Å². The molecule has 194 valence electrons. The molecule has 0 spiro atoms. The zero-order valence-corrected chi connectivity index (χ0v) is 22.4. The second kappa shape index (κ2) is 9.72. The van der Waals surface area contributed by atoms with Crippen LogP contribution in [0.3, 0.4) is 0 Å². The number of ether oxygens (including phenoxy) is 1. The minimum atomic E-state index is -0.347. The second-order valence-electron chi connectivity index (χ2n) is 13.0. The van der Waals surface area contributed by atoms with Gasteiger partial charge in [0.1, 0.15) is 0 Å². The predicted molar refractivity (Wildman–Crippen MR) is 143 cm³/mol. The van der Waals surface area contributed by atoms with Crippen molar-refractivity contribution in [2.75, 3.05) is 11.9 Å². The summed E-state index contributed by atoms with van der Waals surface area (Å²) in [6.07, 6.45) is 15.1. The van der Waals surface area contributed by atoms with Crippen molar-refractivity contribution in [3.8, 4) is 0 Å². The van der Waals surface area contributed by atoms with Crippen molar-refractivity contribution in [3.05, 3.63) is 30.3 Å². The van der Waals surface area contributed by atoms with Gasteiger partial charge in [0.05, 0.1) is 6.61 Å². The lowest BCUT2D eigenvalue weighted by Crippen LogP contribution is -2.71. The third-order valence-electron chi connectivity index (χ3n) is 11.8. The highest BCUT2D eigenvalue weighted by atomic mass is 16.5. The molecule has 4 fully saturated rings. The van der Waals surface area contributed by atoms with E-state index in [1.165, 1.54) is 64.2 Å².